The van der Waals surface area contributed by atoms with Gasteiger partial charge in [0.15, 0.2) is 0 Å². The smallest absolute Gasteiger partial charge is 0.306 e. The van der Waals surface area contributed by atoms with Gasteiger partial charge in [0, 0.05) is 6.07 Å². The lowest BCUT2D eigenvalue weighted by atomic mass is 10.1. The molecule has 9 heteroatoms. The van der Waals surface area contributed by atoms with Crippen molar-refractivity contribution in [3.05, 3.63) is 52.3 Å². The molecule has 1 heterocycles. The van der Waals surface area contributed by atoms with Crippen LogP contribution in [0.15, 0.2) is 30.6 Å². The van der Waals surface area contributed by atoms with Gasteiger partial charge >= 0.3 is 5.69 Å². The summed E-state index contributed by atoms with van der Waals surface area (Å²) in [4.78, 5) is 21.9. The molecule has 2 rings (SSSR count). The Bertz CT molecular complexity index is 717. The Morgan fingerprint density at radius 3 is 2.86 bits per heavy atom. The van der Waals surface area contributed by atoms with Gasteiger partial charge in [0.2, 0.25) is 5.91 Å². The molecule has 0 saturated carbocycles. The molecule has 1 aromatic carbocycles. The number of benzene rings is 1. The monoisotopic (exact) mass is 310 g/mol. The van der Waals surface area contributed by atoms with Gasteiger partial charge in [-0.2, -0.15) is 5.10 Å². The molecule has 22 heavy (non-hydrogen) atoms. The first-order valence-corrected chi connectivity index (χ1v) is 6.29. The highest BCUT2D eigenvalue weighted by atomic mass is 19.1. The van der Waals surface area contributed by atoms with Gasteiger partial charge in [-0.25, -0.2) is 8.78 Å². The molecule has 0 fully saturated rings. The van der Waals surface area contributed by atoms with Crippen molar-refractivity contribution < 1.29 is 18.5 Å². The zero-order valence-corrected chi connectivity index (χ0v) is 11.5. The minimum atomic E-state index is -0.753. The van der Waals surface area contributed by atoms with Crippen LogP contribution >= 0.6 is 0 Å². The van der Waals surface area contributed by atoms with Gasteiger partial charge in [0.25, 0.3) is 0 Å². The number of nitro groups is 1. The second kappa shape index (κ2) is 6.29. The molecule has 0 unspecified atom stereocenters. The van der Waals surface area contributed by atoms with E-state index in [2.05, 4.69) is 10.4 Å². The van der Waals surface area contributed by atoms with E-state index in [4.69, 9.17) is 0 Å². The summed E-state index contributed by atoms with van der Waals surface area (Å²) < 4.78 is 27.7. The van der Waals surface area contributed by atoms with Gasteiger partial charge in [-0.05, 0) is 12.1 Å². The number of amides is 1. The second-order valence-electron chi connectivity index (χ2n) is 4.69. The largest absolute Gasteiger partial charge is 0.323 e. The molecule has 0 aliphatic carbocycles. The number of aromatic nitrogens is 2. The molecule has 1 atom stereocenters. The van der Waals surface area contributed by atoms with E-state index in [-0.39, 0.29) is 17.9 Å². The van der Waals surface area contributed by atoms with Crippen LogP contribution in [0.5, 0.6) is 0 Å². The van der Waals surface area contributed by atoms with Crippen LogP contribution in [0.2, 0.25) is 0 Å². The van der Waals surface area contributed by atoms with E-state index in [9.17, 15) is 23.7 Å². The van der Waals surface area contributed by atoms with E-state index in [0.29, 0.717) is 0 Å². The Morgan fingerprint density at radius 1 is 1.50 bits per heavy atom. The van der Waals surface area contributed by atoms with E-state index < -0.39 is 28.4 Å². The Hall–Kier alpha value is -2.84. The van der Waals surface area contributed by atoms with Crippen LogP contribution in [0.1, 0.15) is 6.92 Å². The van der Waals surface area contributed by atoms with Crippen molar-refractivity contribution in [2.24, 2.45) is 5.92 Å². The van der Waals surface area contributed by atoms with Crippen LogP contribution in [-0.4, -0.2) is 20.6 Å². The molecular formula is C13H12F2N4O3. The lowest BCUT2D eigenvalue weighted by Gasteiger charge is -2.12. The molecule has 1 N–H and O–H groups in total. The van der Waals surface area contributed by atoms with Crippen LogP contribution in [0.3, 0.4) is 0 Å². The fourth-order valence-electron chi connectivity index (χ4n) is 1.76. The highest BCUT2D eigenvalue weighted by Crippen LogP contribution is 2.17. The van der Waals surface area contributed by atoms with E-state index in [1.807, 2.05) is 0 Å². The van der Waals surface area contributed by atoms with Crippen molar-refractivity contribution in [3.63, 3.8) is 0 Å². The average molecular weight is 310 g/mol. The normalized spacial score (nSPS) is 12.0. The number of nitrogens with zero attached hydrogens (tertiary/aromatic N) is 3. The fourth-order valence-corrected chi connectivity index (χ4v) is 1.76. The summed E-state index contributed by atoms with van der Waals surface area (Å²) in [5, 5.41) is 16.6. The van der Waals surface area contributed by atoms with Gasteiger partial charge in [-0.1, -0.05) is 6.92 Å². The van der Waals surface area contributed by atoms with Crippen molar-refractivity contribution in [1.29, 1.82) is 0 Å². The molecule has 0 aliphatic heterocycles. The molecule has 0 bridgehead atoms. The standard InChI is InChI=1S/C13H12F2N4O3/c1-8(6-18-7-10(5-16-18)19(21)22)13(20)17-12-4-9(14)2-3-11(12)15/h2-5,7-8H,6H2,1H3,(H,17,20)/t8-/m1/s1. The van der Waals surface area contributed by atoms with Gasteiger partial charge in [-0.3, -0.25) is 19.6 Å². The maximum atomic E-state index is 13.4. The number of carbonyl (C=O) groups is 1. The zero-order valence-electron chi connectivity index (χ0n) is 11.5. The van der Waals surface area contributed by atoms with E-state index in [1.54, 1.807) is 6.92 Å². The Balaban J connectivity index is 2.02. The number of hydrogen-bond acceptors (Lipinski definition) is 4. The quantitative estimate of drug-likeness (QED) is 0.678. The summed E-state index contributed by atoms with van der Waals surface area (Å²) in [5.74, 6) is -2.63. The summed E-state index contributed by atoms with van der Waals surface area (Å²) in [7, 11) is 0. The van der Waals surface area contributed by atoms with Crippen LogP contribution in [0, 0.1) is 27.7 Å². The maximum absolute atomic E-state index is 13.4. The highest BCUT2D eigenvalue weighted by Gasteiger charge is 2.18. The van der Waals surface area contributed by atoms with Crippen LogP contribution in [0.4, 0.5) is 20.2 Å². The first-order chi connectivity index (χ1) is 10.4. The average Bonchev–Trinajstić information content (AvgIpc) is 2.91. The number of carbonyl (C=O) groups excluding carboxylic acids is 1. The molecule has 0 spiro atoms. The van der Waals surface area contributed by atoms with Crippen molar-refractivity contribution in [2.75, 3.05) is 5.32 Å². The van der Waals surface area contributed by atoms with Gasteiger partial charge in [0.05, 0.1) is 23.1 Å². The fraction of sp³-hybridized carbons (Fsp3) is 0.231. The lowest BCUT2D eigenvalue weighted by Crippen LogP contribution is -2.25. The van der Waals surface area contributed by atoms with Gasteiger partial charge in [0.1, 0.15) is 24.0 Å². The predicted molar refractivity (Wildman–Crippen MR) is 73.0 cm³/mol. The molecule has 0 radical (unpaired) electrons. The topological polar surface area (TPSA) is 90.1 Å². The summed E-state index contributed by atoms with van der Waals surface area (Å²) in [5.41, 5.74) is -0.452. The van der Waals surface area contributed by atoms with Crippen molar-refractivity contribution in [3.8, 4) is 0 Å². The summed E-state index contributed by atoms with van der Waals surface area (Å²) >= 11 is 0. The third-order valence-corrected chi connectivity index (χ3v) is 2.93. The van der Waals surface area contributed by atoms with Crippen LogP contribution < -0.4 is 5.32 Å². The number of rotatable bonds is 5. The van der Waals surface area contributed by atoms with Gasteiger partial charge < -0.3 is 5.32 Å². The lowest BCUT2D eigenvalue weighted by molar-refractivity contribution is -0.385. The number of hydrogen-bond donors (Lipinski definition) is 1. The summed E-state index contributed by atoms with van der Waals surface area (Å²) in [6.07, 6.45) is 2.25. The molecule has 0 aliphatic rings. The SMILES string of the molecule is C[C@H](Cn1cc([N+](=O)[O-])cn1)C(=O)Nc1cc(F)ccc1F. The van der Waals surface area contributed by atoms with E-state index >= 15 is 0 Å². The predicted octanol–water partition coefficient (Wildman–Crippen LogP) is 2.34. The Labute approximate surface area is 123 Å². The first-order valence-electron chi connectivity index (χ1n) is 6.29. The van der Waals surface area contributed by atoms with Crippen molar-refractivity contribution >= 4 is 17.3 Å². The Kier molecular flexibility index (Phi) is 4.44. The number of halogens is 2. The molecule has 1 aromatic heterocycles. The third kappa shape index (κ3) is 3.62. The van der Waals surface area contributed by atoms with Crippen LogP contribution in [-0.2, 0) is 11.3 Å². The first kappa shape index (κ1) is 15.5. The second-order valence-corrected chi connectivity index (χ2v) is 4.69. The number of anilines is 1. The molecule has 116 valence electrons. The molecular weight excluding hydrogens is 298 g/mol. The molecule has 1 amide bonds. The minimum Gasteiger partial charge on any atom is -0.323 e. The van der Waals surface area contributed by atoms with Crippen molar-refractivity contribution in [2.45, 2.75) is 13.5 Å². The third-order valence-electron chi connectivity index (χ3n) is 2.93. The molecule has 7 nitrogen and oxygen atoms in total. The number of nitrogens with one attached hydrogen (secondary N) is 1. The Morgan fingerprint density at radius 2 is 2.23 bits per heavy atom. The van der Waals surface area contributed by atoms with Crippen LogP contribution in [0.25, 0.3) is 0 Å². The minimum absolute atomic E-state index is 0.0661. The van der Waals surface area contributed by atoms with E-state index in [1.165, 1.54) is 10.9 Å². The summed E-state index contributed by atoms with van der Waals surface area (Å²) in [6.45, 7) is 1.61. The molecule has 0 saturated heterocycles. The zero-order chi connectivity index (χ0) is 16.3. The van der Waals surface area contributed by atoms with E-state index in [0.717, 1.165) is 24.4 Å². The highest BCUT2D eigenvalue weighted by molar-refractivity contribution is 5.92. The maximum Gasteiger partial charge on any atom is 0.306 e. The molecule has 2 aromatic rings. The summed E-state index contributed by atoms with van der Waals surface area (Å²) in [6, 6.07) is 2.72. The van der Waals surface area contributed by atoms with Gasteiger partial charge in [-0.15, -0.1) is 0 Å². The van der Waals surface area contributed by atoms with Crippen molar-refractivity contribution in [1.82, 2.24) is 9.78 Å².